The summed E-state index contributed by atoms with van der Waals surface area (Å²) in [5.74, 6) is -0.380. The van der Waals surface area contributed by atoms with Gasteiger partial charge < -0.3 is 19.8 Å². The van der Waals surface area contributed by atoms with Gasteiger partial charge in [-0.2, -0.15) is 0 Å². The number of nitrogens with zero attached hydrogens (tertiary/aromatic N) is 9. The number of pyridine rings is 5. The summed E-state index contributed by atoms with van der Waals surface area (Å²) in [5, 5.41) is 8.21. The zero-order chi connectivity index (χ0) is 37.8. The number of halogens is 1. The topological polar surface area (TPSA) is 158 Å². The van der Waals surface area contributed by atoms with Crippen molar-refractivity contribution in [3.8, 4) is 22.3 Å². The van der Waals surface area contributed by atoms with E-state index in [0.29, 0.717) is 35.0 Å². The van der Waals surface area contributed by atoms with E-state index < -0.39 is 0 Å². The lowest BCUT2D eigenvalue weighted by Crippen LogP contribution is -2.26. The minimum atomic E-state index is -0.200. The SMILES string of the molecule is O=C(NCCCn1ccnc1)c1ccc2cncc(-c3ccccc3Cl)c2n1.O=C(NCCCn1ccnc1)c1ccc2cncc(-c3ccncc3)c2n1. The Morgan fingerprint density at radius 2 is 1.11 bits per heavy atom. The van der Waals surface area contributed by atoms with E-state index in [4.69, 9.17) is 11.6 Å². The smallest absolute Gasteiger partial charge is 0.269 e. The zero-order valence-electron chi connectivity index (χ0n) is 29.7. The van der Waals surface area contributed by atoms with Gasteiger partial charge in [0.15, 0.2) is 0 Å². The number of carbonyl (C=O) groups excluding carboxylic acids is 2. The van der Waals surface area contributed by atoms with Crippen LogP contribution in [0.2, 0.25) is 5.02 Å². The molecular formula is C41H36ClN11O2. The van der Waals surface area contributed by atoms with Crippen LogP contribution in [0.4, 0.5) is 0 Å². The average molecular weight is 750 g/mol. The Bertz CT molecular complexity index is 2510. The first-order chi connectivity index (χ1) is 27.0. The van der Waals surface area contributed by atoms with Gasteiger partial charge >= 0.3 is 0 Å². The number of hydrogen-bond donors (Lipinski definition) is 2. The van der Waals surface area contributed by atoms with Gasteiger partial charge in [0.05, 0.1) is 23.7 Å². The van der Waals surface area contributed by atoms with E-state index in [0.717, 1.165) is 64.5 Å². The van der Waals surface area contributed by atoms with Crippen molar-refractivity contribution in [2.45, 2.75) is 25.9 Å². The van der Waals surface area contributed by atoms with Gasteiger partial charge in [-0.1, -0.05) is 29.8 Å². The van der Waals surface area contributed by atoms with Crippen LogP contribution in [-0.2, 0) is 13.1 Å². The van der Waals surface area contributed by atoms with Crippen LogP contribution in [0.15, 0.2) is 135 Å². The van der Waals surface area contributed by atoms with Crippen molar-refractivity contribution in [3.05, 3.63) is 152 Å². The highest BCUT2D eigenvalue weighted by molar-refractivity contribution is 6.33. The molecule has 7 aromatic heterocycles. The lowest BCUT2D eigenvalue weighted by atomic mass is 10.0. The minimum Gasteiger partial charge on any atom is -0.351 e. The van der Waals surface area contributed by atoms with Crippen molar-refractivity contribution in [1.29, 1.82) is 0 Å². The molecule has 1 aromatic carbocycles. The molecule has 8 aromatic rings. The van der Waals surface area contributed by atoms with Gasteiger partial charge in [-0.15, -0.1) is 0 Å². The summed E-state index contributed by atoms with van der Waals surface area (Å²) in [5.41, 5.74) is 5.71. The highest BCUT2D eigenvalue weighted by Gasteiger charge is 2.14. The van der Waals surface area contributed by atoms with E-state index in [2.05, 4.69) is 45.5 Å². The number of imidazole rings is 2. The van der Waals surface area contributed by atoms with Crippen molar-refractivity contribution >= 4 is 45.2 Å². The third kappa shape index (κ3) is 9.21. The fraction of sp³-hybridized carbons (Fsp3) is 0.146. The molecule has 8 rings (SSSR count). The molecule has 0 aliphatic rings. The fourth-order valence-electron chi connectivity index (χ4n) is 5.90. The third-order valence-electron chi connectivity index (χ3n) is 8.69. The monoisotopic (exact) mass is 749 g/mol. The lowest BCUT2D eigenvalue weighted by molar-refractivity contribution is 0.0940. The predicted molar refractivity (Wildman–Crippen MR) is 211 cm³/mol. The second-order valence-electron chi connectivity index (χ2n) is 12.4. The van der Waals surface area contributed by atoms with E-state index in [1.54, 1.807) is 74.4 Å². The van der Waals surface area contributed by atoms with Crippen LogP contribution in [-0.4, -0.2) is 68.9 Å². The highest BCUT2D eigenvalue weighted by atomic mass is 35.5. The molecule has 0 bridgehead atoms. The van der Waals surface area contributed by atoms with Crippen LogP contribution >= 0.6 is 11.6 Å². The number of nitrogens with one attached hydrogen (secondary N) is 2. The summed E-state index contributed by atoms with van der Waals surface area (Å²) in [4.78, 5) is 54.8. The summed E-state index contributed by atoms with van der Waals surface area (Å²) in [6, 6.07) is 18.5. The van der Waals surface area contributed by atoms with Gasteiger partial charge in [0, 0.05) is 121 Å². The maximum atomic E-state index is 12.5. The van der Waals surface area contributed by atoms with Gasteiger partial charge in [-0.05, 0) is 60.9 Å². The van der Waals surface area contributed by atoms with E-state index in [-0.39, 0.29) is 11.8 Å². The van der Waals surface area contributed by atoms with Gasteiger partial charge in [-0.25, -0.2) is 19.9 Å². The molecule has 2 N–H and O–H groups in total. The number of hydrogen-bond acceptors (Lipinski definition) is 9. The molecular weight excluding hydrogens is 714 g/mol. The molecule has 0 radical (unpaired) electrons. The van der Waals surface area contributed by atoms with Crippen LogP contribution in [0.5, 0.6) is 0 Å². The van der Waals surface area contributed by atoms with Crippen molar-refractivity contribution in [1.82, 2.24) is 54.7 Å². The third-order valence-corrected chi connectivity index (χ3v) is 9.02. The van der Waals surface area contributed by atoms with Crippen LogP contribution < -0.4 is 10.6 Å². The van der Waals surface area contributed by atoms with Gasteiger partial charge in [0.2, 0.25) is 0 Å². The van der Waals surface area contributed by atoms with Crippen LogP contribution in [0.25, 0.3) is 44.1 Å². The highest BCUT2D eigenvalue weighted by Crippen LogP contribution is 2.32. The van der Waals surface area contributed by atoms with Gasteiger partial charge in [0.25, 0.3) is 11.8 Å². The molecule has 13 nitrogen and oxygen atoms in total. The van der Waals surface area contributed by atoms with Crippen molar-refractivity contribution in [3.63, 3.8) is 0 Å². The number of carbonyl (C=O) groups is 2. The number of benzene rings is 1. The zero-order valence-corrected chi connectivity index (χ0v) is 30.4. The Kier molecular flexibility index (Phi) is 11.8. The number of aromatic nitrogens is 9. The first kappa shape index (κ1) is 36.5. The summed E-state index contributed by atoms with van der Waals surface area (Å²) in [6.45, 7) is 2.74. The molecule has 0 aliphatic heterocycles. The standard InChI is InChI=1S/C21H18ClN5O.C20H18N6O/c22-18-5-2-1-4-16(18)17-13-24-12-15-6-7-19(26-20(15)17)21(28)25-8-3-10-27-11-9-23-14-27;27-20(24-6-1-10-26-11-9-22-14-26)18-3-2-16-12-23-13-17(19(16)25-18)15-4-7-21-8-5-15/h1-2,4-7,9,11-14H,3,8,10H2,(H,25,28);2-5,7-9,11-14H,1,6,10H2,(H,24,27). The van der Waals surface area contributed by atoms with Gasteiger partial charge in [-0.3, -0.25) is 24.5 Å². The molecule has 0 fully saturated rings. The quantitative estimate of drug-likeness (QED) is 0.130. The first-order valence-corrected chi connectivity index (χ1v) is 18.0. The Balaban J connectivity index is 0.000000169. The second-order valence-corrected chi connectivity index (χ2v) is 12.9. The molecule has 2 amide bonds. The van der Waals surface area contributed by atoms with Gasteiger partial charge in [0.1, 0.15) is 11.4 Å². The molecule has 0 aliphatic carbocycles. The maximum absolute atomic E-state index is 12.5. The van der Waals surface area contributed by atoms with E-state index in [9.17, 15) is 9.59 Å². The maximum Gasteiger partial charge on any atom is 0.269 e. The largest absolute Gasteiger partial charge is 0.351 e. The molecule has 55 heavy (non-hydrogen) atoms. The van der Waals surface area contributed by atoms with Crippen LogP contribution in [0, 0.1) is 0 Å². The molecule has 0 atom stereocenters. The van der Waals surface area contributed by atoms with Crippen molar-refractivity contribution in [2.75, 3.05) is 13.1 Å². The Morgan fingerprint density at radius 1 is 0.564 bits per heavy atom. The molecule has 0 unspecified atom stereocenters. The van der Waals surface area contributed by atoms with E-state index in [1.807, 2.05) is 70.1 Å². The summed E-state index contributed by atoms with van der Waals surface area (Å²) < 4.78 is 3.96. The Labute approximate surface area is 321 Å². The number of amides is 2. The molecule has 0 spiro atoms. The second kappa shape index (κ2) is 17.8. The number of aryl methyl sites for hydroxylation is 2. The average Bonchev–Trinajstić information content (AvgIpc) is 3.96. The van der Waals surface area contributed by atoms with Crippen molar-refractivity contribution in [2.24, 2.45) is 0 Å². The Morgan fingerprint density at radius 3 is 1.65 bits per heavy atom. The lowest BCUT2D eigenvalue weighted by Gasteiger charge is -2.09. The summed E-state index contributed by atoms with van der Waals surface area (Å²) in [7, 11) is 0. The minimum absolute atomic E-state index is 0.181. The van der Waals surface area contributed by atoms with E-state index >= 15 is 0 Å². The Hall–Kier alpha value is -6.86. The normalized spacial score (nSPS) is 10.9. The molecule has 14 heteroatoms. The molecule has 274 valence electrons. The predicted octanol–water partition coefficient (Wildman–Crippen LogP) is 6.68. The molecule has 7 heterocycles. The first-order valence-electron chi connectivity index (χ1n) is 17.7. The number of rotatable bonds is 12. The van der Waals surface area contributed by atoms with Crippen LogP contribution in [0.3, 0.4) is 0 Å². The summed E-state index contributed by atoms with van der Waals surface area (Å²) in [6.07, 6.45) is 22.9. The molecule has 0 saturated carbocycles. The fourth-order valence-corrected chi connectivity index (χ4v) is 6.14. The summed E-state index contributed by atoms with van der Waals surface area (Å²) >= 11 is 6.35. The van der Waals surface area contributed by atoms with E-state index in [1.165, 1.54) is 0 Å². The van der Waals surface area contributed by atoms with Crippen LogP contribution in [0.1, 0.15) is 33.8 Å². The molecule has 0 saturated heterocycles. The number of fused-ring (bicyclic) bond motifs is 2. The van der Waals surface area contributed by atoms with Crippen molar-refractivity contribution < 1.29 is 9.59 Å².